The Morgan fingerprint density at radius 3 is 2.52 bits per heavy atom. The summed E-state index contributed by atoms with van der Waals surface area (Å²) in [6.07, 6.45) is 0.0757. The van der Waals surface area contributed by atoms with Gasteiger partial charge in [-0.3, -0.25) is 4.57 Å². The Morgan fingerprint density at radius 2 is 1.86 bits per heavy atom. The maximum absolute atomic E-state index is 13.1. The second-order valence-electron chi connectivity index (χ2n) is 5.06. The van der Waals surface area contributed by atoms with E-state index in [0.29, 0.717) is 4.77 Å². The fraction of sp³-hybridized carbons (Fsp3) is 0.188. The highest BCUT2D eigenvalue weighted by molar-refractivity contribution is 7.71. The normalized spacial score (nSPS) is 11.2. The zero-order valence-electron chi connectivity index (χ0n) is 11.8. The molecule has 3 nitrogen and oxygen atoms in total. The summed E-state index contributed by atoms with van der Waals surface area (Å²) >= 11 is 5.40. The molecule has 108 valence electrons. The van der Waals surface area contributed by atoms with Crippen LogP contribution in [0, 0.1) is 10.6 Å². The second-order valence-corrected chi connectivity index (χ2v) is 5.45. The number of nitrogens with one attached hydrogen (secondary N) is 1. The number of nitrogens with zero attached hydrogens (tertiary/aromatic N) is 1. The lowest BCUT2D eigenvalue weighted by Gasteiger charge is -2.10. The predicted molar refractivity (Wildman–Crippen MR) is 84.2 cm³/mol. The van der Waals surface area contributed by atoms with E-state index in [9.17, 15) is 4.39 Å². The van der Waals surface area contributed by atoms with Crippen molar-refractivity contribution in [2.24, 2.45) is 0 Å². The van der Waals surface area contributed by atoms with Crippen molar-refractivity contribution in [2.75, 3.05) is 0 Å². The monoisotopic (exact) mass is 302 g/mol. The third-order valence-corrected chi connectivity index (χ3v) is 3.41. The van der Waals surface area contributed by atoms with Crippen LogP contribution in [0.4, 0.5) is 4.39 Å². The molecule has 1 aromatic heterocycles. The van der Waals surface area contributed by atoms with Crippen molar-refractivity contribution in [3.8, 4) is 11.4 Å². The van der Waals surface area contributed by atoms with Crippen LogP contribution in [0.15, 0.2) is 42.5 Å². The molecule has 1 N–H and O–H groups in total. The number of imidazole rings is 1. The Hall–Kier alpha value is -2.14. The van der Waals surface area contributed by atoms with Gasteiger partial charge in [0.2, 0.25) is 0 Å². The van der Waals surface area contributed by atoms with Gasteiger partial charge in [-0.2, -0.15) is 0 Å². The minimum Gasteiger partial charge on any atom is -0.489 e. The highest BCUT2D eigenvalue weighted by Crippen LogP contribution is 2.28. The first-order valence-electron chi connectivity index (χ1n) is 6.72. The summed E-state index contributed by atoms with van der Waals surface area (Å²) < 4.78 is 21.3. The molecule has 0 amide bonds. The number of H-pyrrole nitrogens is 1. The van der Waals surface area contributed by atoms with Gasteiger partial charge < -0.3 is 9.72 Å². The van der Waals surface area contributed by atoms with E-state index in [1.807, 2.05) is 36.6 Å². The quantitative estimate of drug-likeness (QED) is 0.716. The number of hydrogen-bond acceptors (Lipinski definition) is 2. The Bertz CT molecular complexity index is 834. The van der Waals surface area contributed by atoms with Crippen molar-refractivity contribution in [3.63, 3.8) is 0 Å². The molecule has 0 unspecified atom stereocenters. The highest BCUT2D eigenvalue weighted by atomic mass is 32.1. The van der Waals surface area contributed by atoms with Gasteiger partial charge in [0, 0.05) is 5.69 Å². The zero-order chi connectivity index (χ0) is 15.0. The molecule has 0 aliphatic heterocycles. The minimum atomic E-state index is -0.270. The van der Waals surface area contributed by atoms with Crippen LogP contribution < -0.4 is 4.74 Å². The summed E-state index contributed by atoms with van der Waals surface area (Å²) in [7, 11) is 0. The number of aromatic nitrogens is 2. The van der Waals surface area contributed by atoms with Crippen molar-refractivity contribution in [3.05, 3.63) is 53.1 Å². The summed E-state index contributed by atoms with van der Waals surface area (Å²) in [4.78, 5) is 3.17. The Labute approximate surface area is 127 Å². The van der Waals surface area contributed by atoms with E-state index in [4.69, 9.17) is 17.0 Å². The number of rotatable bonds is 3. The number of para-hydroxylation sites is 1. The first-order valence-corrected chi connectivity index (χ1v) is 7.13. The van der Waals surface area contributed by atoms with E-state index >= 15 is 0 Å². The van der Waals surface area contributed by atoms with Crippen LogP contribution in [0.3, 0.4) is 0 Å². The standard InChI is InChI=1S/C16H15FN2OS/c1-10(2)20-14-5-3-4-13-15(14)18-16(21)19(13)12-8-6-11(17)7-9-12/h3-10H,1-2H3,(H,18,21). The van der Waals surface area contributed by atoms with E-state index in [0.717, 1.165) is 22.5 Å². The van der Waals surface area contributed by atoms with Crippen molar-refractivity contribution < 1.29 is 9.13 Å². The van der Waals surface area contributed by atoms with E-state index in [2.05, 4.69) is 4.98 Å². The predicted octanol–water partition coefficient (Wildman–Crippen LogP) is 4.61. The number of ether oxygens (including phenoxy) is 1. The number of fused-ring (bicyclic) bond motifs is 1. The van der Waals surface area contributed by atoms with Crippen molar-refractivity contribution in [1.82, 2.24) is 9.55 Å². The second kappa shape index (κ2) is 5.33. The van der Waals surface area contributed by atoms with E-state index in [1.165, 1.54) is 12.1 Å². The maximum atomic E-state index is 13.1. The molecule has 0 radical (unpaired) electrons. The molecule has 2 aromatic carbocycles. The first-order chi connectivity index (χ1) is 10.1. The summed E-state index contributed by atoms with van der Waals surface area (Å²) in [6, 6.07) is 12.0. The lowest BCUT2D eigenvalue weighted by molar-refractivity contribution is 0.245. The van der Waals surface area contributed by atoms with Crippen molar-refractivity contribution >= 4 is 23.3 Å². The molecule has 3 rings (SSSR count). The first kappa shape index (κ1) is 13.8. The number of hydrogen-bond donors (Lipinski definition) is 1. The third kappa shape index (κ3) is 2.56. The lowest BCUT2D eigenvalue weighted by Crippen LogP contribution is -2.05. The van der Waals surface area contributed by atoms with Crippen LogP contribution in [-0.4, -0.2) is 15.7 Å². The molecule has 0 fully saturated rings. The molecule has 0 saturated heterocycles. The number of aromatic amines is 1. The van der Waals surface area contributed by atoms with Crippen LogP contribution >= 0.6 is 12.2 Å². The largest absolute Gasteiger partial charge is 0.489 e. The van der Waals surface area contributed by atoms with E-state index in [1.54, 1.807) is 12.1 Å². The fourth-order valence-electron chi connectivity index (χ4n) is 2.30. The average Bonchev–Trinajstić information content (AvgIpc) is 2.77. The number of benzene rings is 2. The van der Waals surface area contributed by atoms with Gasteiger partial charge in [-0.1, -0.05) is 6.07 Å². The van der Waals surface area contributed by atoms with E-state index in [-0.39, 0.29) is 11.9 Å². The van der Waals surface area contributed by atoms with Gasteiger partial charge in [-0.25, -0.2) is 4.39 Å². The SMILES string of the molecule is CC(C)Oc1cccc2c1[nH]c(=S)n2-c1ccc(F)cc1. The highest BCUT2D eigenvalue weighted by Gasteiger charge is 2.11. The molecular weight excluding hydrogens is 287 g/mol. The molecule has 0 atom stereocenters. The van der Waals surface area contributed by atoms with Crippen LogP contribution in [0.5, 0.6) is 5.75 Å². The fourth-order valence-corrected chi connectivity index (χ4v) is 2.61. The van der Waals surface area contributed by atoms with Gasteiger partial charge in [0.05, 0.1) is 11.6 Å². The Morgan fingerprint density at radius 1 is 1.14 bits per heavy atom. The zero-order valence-corrected chi connectivity index (χ0v) is 12.6. The topological polar surface area (TPSA) is 29.9 Å². The van der Waals surface area contributed by atoms with Crippen LogP contribution in [0.25, 0.3) is 16.7 Å². The molecule has 0 bridgehead atoms. The van der Waals surface area contributed by atoms with Crippen LogP contribution in [-0.2, 0) is 0 Å². The number of halogens is 1. The van der Waals surface area contributed by atoms with Gasteiger partial charge in [0.15, 0.2) is 4.77 Å². The van der Waals surface area contributed by atoms with Gasteiger partial charge in [0.25, 0.3) is 0 Å². The summed E-state index contributed by atoms with van der Waals surface area (Å²) in [5.41, 5.74) is 2.57. The molecule has 3 aromatic rings. The Balaban J connectivity index is 2.22. The van der Waals surface area contributed by atoms with Gasteiger partial charge in [-0.05, 0) is 62.5 Å². The van der Waals surface area contributed by atoms with E-state index < -0.39 is 0 Å². The maximum Gasteiger partial charge on any atom is 0.182 e. The smallest absolute Gasteiger partial charge is 0.182 e. The third-order valence-electron chi connectivity index (χ3n) is 3.13. The van der Waals surface area contributed by atoms with Crippen LogP contribution in [0.2, 0.25) is 0 Å². The van der Waals surface area contributed by atoms with Gasteiger partial charge in [-0.15, -0.1) is 0 Å². The minimum absolute atomic E-state index is 0.0757. The Kier molecular flexibility index (Phi) is 3.51. The summed E-state index contributed by atoms with van der Waals surface area (Å²) in [5, 5.41) is 0. The molecule has 0 aliphatic carbocycles. The van der Waals surface area contributed by atoms with Gasteiger partial charge >= 0.3 is 0 Å². The lowest BCUT2D eigenvalue weighted by atomic mass is 10.2. The molecule has 21 heavy (non-hydrogen) atoms. The molecule has 0 aliphatic rings. The van der Waals surface area contributed by atoms with Crippen LogP contribution in [0.1, 0.15) is 13.8 Å². The summed E-state index contributed by atoms with van der Waals surface area (Å²) in [6.45, 7) is 3.95. The molecule has 0 spiro atoms. The molecule has 1 heterocycles. The van der Waals surface area contributed by atoms with Crippen molar-refractivity contribution in [2.45, 2.75) is 20.0 Å². The van der Waals surface area contributed by atoms with Gasteiger partial charge in [0.1, 0.15) is 17.1 Å². The average molecular weight is 302 g/mol. The molecule has 5 heteroatoms. The molecular formula is C16H15FN2OS. The summed E-state index contributed by atoms with van der Waals surface area (Å²) in [5.74, 6) is 0.489. The molecule has 0 saturated carbocycles. The van der Waals surface area contributed by atoms with Crippen molar-refractivity contribution in [1.29, 1.82) is 0 Å².